The SMILES string of the molecule is ON1N=NN2CC=CN=C12. The summed E-state index contributed by atoms with van der Waals surface area (Å²) >= 11 is 0. The number of aliphatic imine (C=N–C) groups is 1. The van der Waals surface area contributed by atoms with Gasteiger partial charge in [-0.1, -0.05) is 5.17 Å². The van der Waals surface area contributed by atoms with Gasteiger partial charge >= 0.3 is 0 Å². The summed E-state index contributed by atoms with van der Waals surface area (Å²) in [5.74, 6) is 0.350. The van der Waals surface area contributed by atoms with Gasteiger partial charge < -0.3 is 0 Å². The van der Waals surface area contributed by atoms with Crippen molar-refractivity contribution >= 4 is 5.96 Å². The Labute approximate surface area is 56.7 Å². The summed E-state index contributed by atoms with van der Waals surface area (Å²) in [7, 11) is 0. The molecule has 0 bridgehead atoms. The van der Waals surface area contributed by atoms with Gasteiger partial charge in [0.15, 0.2) is 0 Å². The number of guanidine groups is 1. The summed E-state index contributed by atoms with van der Waals surface area (Å²) < 4.78 is 0. The Kier molecular flexibility index (Phi) is 0.952. The molecule has 2 aliphatic heterocycles. The number of hydroxylamine groups is 1. The fraction of sp³-hybridized carbons (Fsp3) is 0.250. The molecule has 2 heterocycles. The molecular formula is C4H5N5O. The molecule has 0 aromatic heterocycles. The average molecular weight is 139 g/mol. The first-order chi connectivity index (χ1) is 4.88. The fourth-order valence-electron chi connectivity index (χ4n) is 0.772. The molecule has 6 heteroatoms. The molecule has 0 amide bonds. The third-order valence-corrected chi connectivity index (χ3v) is 1.22. The summed E-state index contributed by atoms with van der Waals surface area (Å²) in [6.07, 6.45) is 3.42. The summed E-state index contributed by atoms with van der Waals surface area (Å²) in [4.78, 5) is 3.82. The number of hydrogen-bond acceptors (Lipinski definition) is 6. The van der Waals surface area contributed by atoms with Crippen LogP contribution >= 0.6 is 0 Å². The molecular weight excluding hydrogens is 134 g/mol. The minimum Gasteiger partial charge on any atom is -0.263 e. The Morgan fingerprint density at radius 2 is 2.40 bits per heavy atom. The molecule has 0 spiro atoms. The molecule has 52 valence electrons. The van der Waals surface area contributed by atoms with Gasteiger partial charge in [-0.25, -0.2) is 10.0 Å². The van der Waals surface area contributed by atoms with Crippen molar-refractivity contribution in [1.29, 1.82) is 0 Å². The highest BCUT2D eigenvalue weighted by Gasteiger charge is 2.23. The van der Waals surface area contributed by atoms with Crippen LogP contribution in [-0.2, 0) is 0 Å². The minimum atomic E-state index is 0.350. The quantitative estimate of drug-likeness (QED) is 0.519. The highest BCUT2D eigenvalue weighted by Crippen LogP contribution is 2.11. The van der Waals surface area contributed by atoms with Gasteiger partial charge in [-0.05, 0) is 16.5 Å². The van der Waals surface area contributed by atoms with Crippen molar-refractivity contribution in [3.05, 3.63) is 12.3 Å². The van der Waals surface area contributed by atoms with Crippen molar-refractivity contribution in [3.8, 4) is 0 Å². The average Bonchev–Trinajstić information content (AvgIpc) is 2.34. The van der Waals surface area contributed by atoms with E-state index >= 15 is 0 Å². The van der Waals surface area contributed by atoms with Crippen molar-refractivity contribution in [3.63, 3.8) is 0 Å². The van der Waals surface area contributed by atoms with Crippen molar-refractivity contribution in [2.45, 2.75) is 0 Å². The van der Waals surface area contributed by atoms with E-state index in [4.69, 9.17) is 5.21 Å². The van der Waals surface area contributed by atoms with Crippen LogP contribution in [0.3, 0.4) is 0 Å². The summed E-state index contributed by atoms with van der Waals surface area (Å²) in [5, 5.41) is 18.0. The van der Waals surface area contributed by atoms with Crippen molar-refractivity contribution in [2.75, 3.05) is 6.54 Å². The third-order valence-electron chi connectivity index (χ3n) is 1.22. The first-order valence-electron chi connectivity index (χ1n) is 2.79. The first kappa shape index (κ1) is 5.36. The van der Waals surface area contributed by atoms with Gasteiger partial charge in [0, 0.05) is 6.20 Å². The van der Waals surface area contributed by atoms with Gasteiger partial charge in [0.05, 0.1) is 6.54 Å². The largest absolute Gasteiger partial charge is 0.273 e. The highest BCUT2D eigenvalue weighted by atomic mass is 16.6. The van der Waals surface area contributed by atoms with Gasteiger partial charge in [0.1, 0.15) is 0 Å². The predicted octanol–water partition coefficient (Wildman–Crippen LogP) is 0.159. The molecule has 0 unspecified atom stereocenters. The molecule has 2 aliphatic rings. The molecule has 0 fully saturated rings. The van der Waals surface area contributed by atoms with E-state index in [1.165, 1.54) is 5.01 Å². The molecule has 0 radical (unpaired) electrons. The van der Waals surface area contributed by atoms with E-state index in [9.17, 15) is 0 Å². The zero-order valence-electron chi connectivity index (χ0n) is 5.05. The van der Waals surface area contributed by atoms with E-state index in [1.54, 1.807) is 6.20 Å². The normalized spacial score (nSPS) is 21.5. The maximum Gasteiger partial charge on any atom is 0.273 e. The topological polar surface area (TPSA) is 63.8 Å². The van der Waals surface area contributed by atoms with Gasteiger partial charge in [-0.3, -0.25) is 5.21 Å². The molecule has 10 heavy (non-hydrogen) atoms. The Morgan fingerprint density at radius 3 is 3.20 bits per heavy atom. The zero-order valence-corrected chi connectivity index (χ0v) is 5.05. The van der Waals surface area contributed by atoms with Crippen LogP contribution in [0.5, 0.6) is 0 Å². The lowest BCUT2D eigenvalue weighted by Crippen LogP contribution is -2.32. The minimum absolute atomic E-state index is 0.350. The van der Waals surface area contributed by atoms with Gasteiger partial charge in [-0.2, -0.15) is 0 Å². The number of fused-ring (bicyclic) bond motifs is 1. The molecule has 0 aromatic rings. The Bertz CT molecular complexity index is 232. The van der Waals surface area contributed by atoms with Crippen LogP contribution in [0, 0.1) is 0 Å². The van der Waals surface area contributed by atoms with E-state index in [0.29, 0.717) is 17.7 Å². The van der Waals surface area contributed by atoms with Crippen LogP contribution in [0.1, 0.15) is 0 Å². The van der Waals surface area contributed by atoms with Gasteiger partial charge in [0.2, 0.25) is 0 Å². The maximum atomic E-state index is 8.89. The van der Waals surface area contributed by atoms with E-state index in [-0.39, 0.29) is 0 Å². The van der Waals surface area contributed by atoms with E-state index in [0.717, 1.165) is 0 Å². The standard InChI is InChI=1S/C4H5N5O/c10-9-4-5-2-1-3-8(4)6-7-9/h1-2,10H,3H2. The van der Waals surface area contributed by atoms with Crippen molar-refractivity contribution in [1.82, 2.24) is 10.2 Å². The summed E-state index contributed by atoms with van der Waals surface area (Å²) in [6.45, 7) is 0.611. The number of nitrogens with zero attached hydrogens (tertiary/aromatic N) is 5. The summed E-state index contributed by atoms with van der Waals surface area (Å²) in [6, 6.07) is 0. The lowest BCUT2D eigenvalue weighted by atomic mass is 10.5. The van der Waals surface area contributed by atoms with Gasteiger partial charge in [-0.15, -0.1) is 0 Å². The Hall–Kier alpha value is -1.43. The van der Waals surface area contributed by atoms with E-state index < -0.39 is 0 Å². The number of rotatable bonds is 0. The van der Waals surface area contributed by atoms with Crippen LogP contribution in [0.2, 0.25) is 0 Å². The van der Waals surface area contributed by atoms with Crippen LogP contribution in [0.4, 0.5) is 0 Å². The van der Waals surface area contributed by atoms with Crippen LogP contribution in [0.25, 0.3) is 0 Å². The second-order valence-corrected chi connectivity index (χ2v) is 1.86. The lowest BCUT2D eigenvalue weighted by Gasteiger charge is -2.13. The number of hydrogen-bond donors (Lipinski definition) is 1. The van der Waals surface area contributed by atoms with Crippen molar-refractivity contribution < 1.29 is 5.21 Å². The first-order valence-corrected chi connectivity index (χ1v) is 2.79. The predicted molar refractivity (Wildman–Crippen MR) is 31.8 cm³/mol. The second kappa shape index (κ2) is 1.77. The lowest BCUT2D eigenvalue weighted by molar-refractivity contribution is -0.0152. The van der Waals surface area contributed by atoms with Gasteiger partial charge in [0.25, 0.3) is 5.96 Å². The summed E-state index contributed by atoms with van der Waals surface area (Å²) in [5.41, 5.74) is 0. The van der Waals surface area contributed by atoms with E-state index in [2.05, 4.69) is 15.4 Å². The van der Waals surface area contributed by atoms with Crippen molar-refractivity contribution in [2.24, 2.45) is 15.4 Å². The molecule has 0 atom stereocenters. The monoisotopic (exact) mass is 139 g/mol. The molecule has 0 aromatic carbocycles. The maximum absolute atomic E-state index is 8.89. The fourth-order valence-corrected chi connectivity index (χ4v) is 0.772. The van der Waals surface area contributed by atoms with E-state index in [1.807, 2.05) is 6.08 Å². The smallest absolute Gasteiger partial charge is 0.263 e. The molecule has 0 saturated heterocycles. The van der Waals surface area contributed by atoms with Crippen LogP contribution in [0.15, 0.2) is 27.7 Å². The zero-order chi connectivity index (χ0) is 6.97. The van der Waals surface area contributed by atoms with Crippen LogP contribution < -0.4 is 0 Å². The molecule has 0 aliphatic carbocycles. The molecule has 2 rings (SSSR count). The molecule has 0 saturated carbocycles. The highest BCUT2D eigenvalue weighted by molar-refractivity contribution is 5.80. The Balaban J connectivity index is 2.32. The van der Waals surface area contributed by atoms with Crippen LogP contribution in [-0.4, -0.2) is 27.9 Å². The Morgan fingerprint density at radius 1 is 1.50 bits per heavy atom. The second-order valence-electron chi connectivity index (χ2n) is 1.86. The molecule has 6 nitrogen and oxygen atoms in total. The third kappa shape index (κ3) is 0.591. The molecule has 1 N–H and O–H groups in total.